The van der Waals surface area contributed by atoms with Crippen molar-refractivity contribution in [2.75, 3.05) is 5.32 Å². The van der Waals surface area contributed by atoms with Crippen molar-refractivity contribution in [1.82, 2.24) is 10.5 Å². The number of anilines is 1. The van der Waals surface area contributed by atoms with Crippen LogP contribution in [0.5, 0.6) is 0 Å². The second kappa shape index (κ2) is 6.40. The first-order valence-corrected chi connectivity index (χ1v) is 6.75. The summed E-state index contributed by atoms with van der Waals surface area (Å²) in [6.07, 6.45) is 0. The number of amides is 2. The molecule has 0 atom stereocenters. The Hall–Kier alpha value is -2.35. The predicted molar refractivity (Wildman–Crippen MR) is 78.2 cm³/mol. The molecule has 110 valence electrons. The summed E-state index contributed by atoms with van der Waals surface area (Å²) < 4.78 is 5.49. The van der Waals surface area contributed by atoms with Gasteiger partial charge in [-0.05, 0) is 25.1 Å². The van der Waals surface area contributed by atoms with Crippen LogP contribution in [0.15, 0.2) is 33.3 Å². The highest BCUT2D eigenvalue weighted by molar-refractivity contribution is 9.10. The molecular weight excluding hydrogens is 342 g/mol. The SMILES string of the molecule is Cc1cc(CNC(=O)Nc2ccc(Br)cc2C(=O)O)no1. The summed E-state index contributed by atoms with van der Waals surface area (Å²) in [5.41, 5.74) is 0.785. The highest BCUT2D eigenvalue weighted by Crippen LogP contribution is 2.21. The second-order valence-electron chi connectivity index (χ2n) is 4.23. The standard InChI is InChI=1S/C13H12BrN3O4/c1-7-4-9(17-21-7)6-15-13(20)16-11-3-2-8(14)5-10(11)12(18)19/h2-5H,6H2,1H3,(H,18,19)(H2,15,16,20). The van der Waals surface area contributed by atoms with Crippen molar-refractivity contribution in [3.63, 3.8) is 0 Å². The summed E-state index contributed by atoms with van der Waals surface area (Å²) in [6, 6.07) is 5.73. The van der Waals surface area contributed by atoms with Gasteiger partial charge in [0.05, 0.1) is 17.8 Å². The molecule has 2 rings (SSSR count). The molecule has 0 unspecified atom stereocenters. The number of urea groups is 1. The normalized spacial score (nSPS) is 10.2. The fraction of sp³-hybridized carbons (Fsp3) is 0.154. The number of benzene rings is 1. The molecule has 1 aromatic heterocycles. The van der Waals surface area contributed by atoms with E-state index in [0.717, 1.165) is 0 Å². The lowest BCUT2D eigenvalue weighted by molar-refractivity contribution is 0.0698. The molecule has 21 heavy (non-hydrogen) atoms. The maximum absolute atomic E-state index is 11.8. The van der Waals surface area contributed by atoms with E-state index in [-0.39, 0.29) is 17.8 Å². The van der Waals surface area contributed by atoms with Gasteiger partial charge < -0.3 is 20.3 Å². The number of nitrogens with zero attached hydrogens (tertiary/aromatic N) is 1. The van der Waals surface area contributed by atoms with Gasteiger partial charge in [-0.25, -0.2) is 9.59 Å². The molecule has 0 spiro atoms. The second-order valence-corrected chi connectivity index (χ2v) is 5.15. The molecular formula is C13H12BrN3O4. The number of carbonyl (C=O) groups is 2. The van der Waals surface area contributed by atoms with E-state index in [0.29, 0.717) is 15.9 Å². The number of halogens is 1. The van der Waals surface area contributed by atoms with Gasteiger partial charge in [0.25, 0.3) is 0 Å². The topological polar surface area (TPSA) is 104 Å². The third kappa shape index (κ3) is 4.06. The molecule has 0 saturated carbocycles. The van der Waals surface area contributed by atoms with E-state index in [1.165, 1.54) is 12.1 Å². The number of aromatic carboxylic acids is 1. The van der Waals surface area contributed by atoms with E-state index in [9.17, 15) is 9.59 Å². The first-order chi connectivity index (χ1) is 9.95. The third-order valence-corrected chi connectivity index (χ3v) is 3.06. The van der Waals surface area contributed by atoms with E-state index in [4.69, 9.17) is 9.63 Å². The molecule has 2 aromatic rings. The smallest absolute Gasteiger partial charge is 0.337 e. The van der Waals surface area contributed by atoms with Gasteiger partial charge in [0.15, 0.2) is 0 Å². The molecule has 0 bridgehead atoms. The van der Waals surface area contributed by atoms with Crippen LogP contribution in [0, 0.1) is 6.92 Å². The van der Waals surface area contributed by atoms with Crippen LogP contribution < -0.4 is 10.6 Å². The quantitative estimate of drug-likeness (QED) is 0.783. The molecule has 8 heteroatoms. The van der Waals surface area contributed by atoms with Crippen LogP contribution >= 0.6 is 15.9 Å². The molecule has 0 aliphatic rings. The van der Waals surface area contributed by atoms with Gasteiger partial charge in [0.2, 0.25) is 0 Å². The summed E-state index contributed by atoms with van der Waals surface area (Å²) in [6.45, 7) is 1.93. The zero-order chi connectivity index (χ0) is 15.4. The summed E-state index contributed by atoms with van der Waals surface area (Å²) in [5.74, 6) is -0.480. The van der Waals surface area contributed by atoms with E-state index in [1.54, 1.807) is 19.1 Å². The molecule has 0 fully saturated rings. The van der Waals surface area contributed by atoms with E-state index < -0.39 is 12.0 Å². The van der Waals surface area contributed by atoms with E-state index in [2.05, 4.69) is 31.7 Å². The molecule has 7 nitrogen and oxygen atoms in total. The lowest BCUT2D eigenvalue weighted by Crippen LogP contribution is -2.29. The molecule has 1 aromatic carbocycles. The van der Waals surface area contributed by atoms with Crippen molar-refractivity contribution < 1.29 is 19.2 Å². The Morgan fingerprint density at radius 2 is 2.14 bits per heavy atom. The number of rotatable bonds is 4. The lowest BCUT2D eigenvalue weighted by atomic mass is 10.2. The number of carboxylic acids is 1. The Labute approximate surface area is 128 Å². The van der Waals surface area contributed by atoms with Crippen molar-refractivity contribution >= 4 is 33.6 Å². The number of hydrogen-bond acceptors (Lipinski definition) is 4. The molecule has 2 amide bonds. The zero-order valence-corrected chi connectivity index (χ0v) is 12.6. The van der Waals surface area contributed by atoms with Crippen LogP contribution in [0.3, 0.4) is 0 Å². The molecule has 0 aliphatic carbocycles. The van der Waals surface area contributed by atoms with E-state index >= 15 is 0 Å². The lowest BCUT2D eigenvalue weighted by Gasteiger charge is -2.09. The first kappa shape index (κ1) is 15.0. The highest BCUT2D eigenvalue weighted by atomic mass is 79.9. The Balaban J connectivity index is 2.01. The highest BCUT2D eigenvalue weighted by Gasteiger charge is 2.13. The van der Waals surface area contributed by atoms with Crippen molar-refractivity contribution in [2.24, 2.45) is 0 Å². The number of carboxylic acid groups (broad SMARTS) is 1. The van der Waals surface area contributed by atoms with E-state index in [1.807, 2.05) is 0 Å². The Bertz CT molecular complexity index is 684. The van der Waals surface area contributed by atoms with Crippen LogP contribution in [0.2, 0.25) is 0 Å². The molecule has 1 heterocycles. The number of carbonyl (C=O) groups excluding carboxylic acids is 1. The number of aromatic nitrogens is 1. The third-order valence-electron chi connectivity index (χ3n) is 2.57. The molecule has 0 radical (unpaired) electrons. The minimum absolute atomic E-state index is 0.00296. The van der Waals surface area contributed by atoms with Crippen molar-refractivity contribution in [1.29, 1.82) is 0 Å². The van der Waals surface area contributed by atoms with Gasteiger partial charge in [-0.3, -0.25) is 0 Å². The first-order valence-electron chi connectivity index (χ1n) is 5.95. The molecule has 3 N–H and O–H groups in total. The van der Waals surface area contributed by atoms with Gasteiger partial charge in [-0.1, -0.05) is 21.1 Å². The van der Waals surface area contributed by atoms with Crippen LogP contribution in [0.4, 0.5) is 10.5 Å². The fourth-order valence-electron chi connectivity index (χ4n) is 1.64. The summed E-state index contributed by atoms with van der Waals surface area (Å²) in [5, 5.41) is 17.9. The van der Waals surface area contributed by atoms with Crippen LogP contribution in [0.25, 0.3) is 0 Å². The summed E-state index contributed by atoms with van der Waals surface area (Å²) in [4.78, 5) is 22.9. The number of aryl methyl sites for hydroxylation is 1. The molecule has 0 aliphatic heterocycles. The Morgan fingerprint density at radius 3 is 2.76 bits per heavy atom. The molecule has 0 saturated heterocycles. The average Bonchev–Trinajstić information content (AvgIpc) is 2.84. The van der Waals surface area contributed by atoms with Crippen molar-refractivity contribution in [3.8, 4) is 0 Å². The predicted octanol–water partition coefficient (Wildman–Crippen LogP) is 2.77. The Morgan fingerprint density at radius 1 is 1.38 bits per heavy atom. The van der Waals surface area contributed by atoms with Crippen LogP contribution in [-0.2, 0) is 6.54 Å². The fourth-order valence-corrected chi connectivity index (χ4v) is 2.00. The van der Waals surface area contributed by atoms with Crippen LogP contribution in [-0.4, -0.2) is 22.3 Å². The maximum atomic E-state index is 11.8. The summed E-state index contributed by atoms with van der Waals surface area (Å²) >= 11 is 3.18. The minimum Gasteiger partial charge on any atom is -0.478 e. The average molecular weight is 354 g/mol. The minimum atomic E-state index is -1.13. The maximum Gasteiger partial charge on any atom is 0.337 e. The van der Waals surface area contributed by atoms with Gasteiger partial charge in [-0.15, -0.1) is 0 Å². The number of hydrogen-bond donors (Lipinski definition) is 3. The largest absolute Gasteiger partial charge is 0.478 e. The zero-order valence-electron chi connectivity index (χ0n) is 11.0. The van der Waals surface area contributed by atoms with Gasteiger partial charge in [0, 0.05) is 10.5 Å². The monoisotopic (exact) mass is 353 g/mol. The van der Waals surface area contributed by atoms with Crippen molar-refractivity contribution in [3.05, 3.63) is 45.8 Å². The Kier molecular flexibility index (Phi) is 4.59. The van der Waals surface area contributed by atoms with Gasteiger partial charge in [0.1, 0.15) is 11.5 Å². The van der Waals surface area contributed by atoms with Crippen LogP contribution in [0.1, 0.15) is 21.8 Å². The number of nitrogens with one attached hydrogen (secondary N) is 2. The van der Waals surface area contributed by atoms with Gasteiger partial charge in [-0.2, -0.15) is 0 Å². The van der Waals surface area contributed by atoms with Crippen molar-refractivity contribution in [2.45, 2.75) is 13.5 Å². The van der Waals surface area contributed by atoms with Gasteiger partial charge >= 0.3 is 12.0 Å². The summed E-state index contributed by atoms with van der Waals surface area (Å²) in [7, 11) is 0.